The second-order valence-corrected chi connectivity index (χ2v) is 4.29. The first-order valence-electron chi connectivity index (χ1n) is 6.08. The van der Waals surface area contributed by atoms with Gasteiger partial charge in [-0.3, -0.25) is 9.69 Å². The molecule has 1 aliphatic rings. The molecule has 0 unspecified atom stereocenters. The van der Waals surface area contributed by atoms with E-state index in [9.17, 15) is 4.79 Å². The maximum Gasteiger partial charge on any atom is 0.234 e. The molecule has 0 aliphatic carbocycles. The van der Waals surface area contributed by atoms with Crippen LogP contribution in [0.4, 0.5) is 0 Å². The molecule has 0 radical (unpaired) electrons. The first-order chi connectivity index (χ1) is 8.34. The lowest BCUT2D eigenvalue weighted by atomic mass is 10.2. The number of piperazine rings is 1. The molecule has 1 fully saturated rings. The highest BCUT2D eigenvalue weighted by molar-refractivity contribution is 5.85. The molecule has 1 aliphatic heterocycles. The average Bonchev–Trinajstić information content (AvgIpc) is 2.39. The molecule has 19 heavy (non-hydrogen) atoms. The molecule has 0 atom stereocenters. The number of carbonyl (C=O) groups excluding carboxylic acids is 1. The van der Waals surface area contributed by atoms with Gasteiger partial charge in [0.05, 0.1) is 6.54 Å². The van der Waals surface area contributed by atoms with Crippen LogP contribution in [-0.2, 0) is 11.3 Å². The lowest BCUT2D eigenvalue weighted by molar-refractivity contribution is -0.122. The van der Waals surface area contributed by atoms with Gasteiger partial charge in [0.1, 0.15) is 0 Å². The summed E-state index contributed by atoms with van der Waals surface area (Å²) in [6, 6.07) is 9.98. The summed E-state index contributed by atoms with van der Waals surface area (Å²) in [4.78, 5) is 13.9. The Morgan fingerprint density at radius 3 is 2.42 bits per heavy atom. The lowest BCUT2D eigenvalue weighted by Crippen LogP contribution is -2.47. The molecular formula is C13H21Cl2N3O. The van der Waals surface area contributed by atoms with Gasteiger partial charge >= 0.3 is 0 Å². The Bertz CT molecular complexity index is 356. The zero-order chi connectivity index (χ0) is 11.9. The van der Waals surface area contributed by atoms with Crippen molar-refractivity contribution in [2.24, 2.45) is 0 Å². The summed E-state index contributed by atoms with van der Waals surface area (Å²) in [5, 5.41) is 6.22. The molecule has 1 aromatic rings. The third-order valence-electron chi connectivity index (χ3n) is 2.91. The van der Waals surface area contributed by atoms with Crippen molar-refractivity contribution in [3.8, 4) is 0 Å². The predicted molar refractivity (Wildman–Crippen MR) is 82.1 cm³/mol. The Hall–Kier alpha value is -0.810. The Labute approximate surface area is 126 Å². The Kier molecular flexibility index (Phi) is 9.61. The van der Waals surface area contributed by atoms with Gasteiger partial charge in [0.15, 0.2) is 0 Å². The van der Waals surface area contributed by atoms with Crippen LogP contribution in [0, 0.1) is 0 Å². The standard InChI is InChI=1S/C13H19N3O.2ClH/c17-13(11-16-8-6-14-7-9-16)15-10-12-4-2-1-3-5-12;;/h1-5,14H,6-11H2,(H,15,17);2*1H. The van der Waals surface area contributed by atoms with Crippen LogP contribution >= 0.6 is 24.8 Å². The topological polar surface area (TPSA) is 44.4 Å². The first kappa shape index (κ1) is 18.2. The summed E-state index contributed by atoms with van der Waals surface area (Å²) >= 11 is 0. The van der Waals surface area contributed by atoms with Crippen molar-refractivity contribution in [2.45, 2.75) is 6.54 Å². The van der Waals surface area contributed by atoms with Crippen molar-refractivity contribution in [2.75, 3.05) is 32.7 Å². The van der Waals surface area contributed by atoms with Crippen LogP contribution in [0.3, 0.4) is 0 Å². The maximum absolute atomic E-state index is 11.7. The van der Waals surface area contributed by atoms with Gasteiger partial charge in [-0.15, -0.1) is 24.8 Å². The largest absolute Gasteiger partial charge is 0.351 e. The lowest BCUT2D eigenvalue weighted by Gasteiger charge is -2.26. The second-order valence-electron chi connectivity index (χ2n) is 4.29. The van der Waals surface area contributed by atoms with Crippen LogP contribution < -0.4 is 10.6 Å². The number of hydrogen-bond acceptors (Lipinski definition) is 3. The molecule has 2 rings (SSSR count). The maximum atomic E-state index is 11.7. The highest BCUT2D eigenvalue weighted by atomic mass is 35.5. The molecule has 0 bridgehead atoms. The number of nitrogens with one attached hydrogen (secondary N) is 2. The van der Waals surface area contributed by atoms with Crippen molar-refractivity contribution < 1.29 is 4.79 Å². The summed E-state index contributed by atoms with van der Waals surface area (Å²) in [5.41, 5.74) is 1.14. The summed E-state index contributed by atoms with van der Waals surface area (Å²) in [6.07, 6.45) is 0. The number of amides is 1. The third-order valence-corrected chi connectivity index (χ3v) is 2.91. The van der Waals surface area contributed by atoms with Gasteiger partial charge in [-0.05, 0) is 5.56 Å². The van der Waals surface area contributed by atoms with Crippen LogP contribution in [-0.4, -0.2) is 43.5 Å². The monoisotopic (exact) mass is 305 g/mol. The molecular weight excluding hydrogens is 285 g/mol. The quantitative estimate of drug-likeness (QED) is 0.874. The van der Waals surface area contributed by atoms with Crippen LogP contribution in [0.1, 0.15) is 5.56 Å². The van der Waals surface area contributed by atoms with E-state index in [1.54, 1.807) is 0 Å². The summed E-state index contributed by atoms with van der Waals surface area (Å²) in [6.45, 7) is 5.00. The highest BCUT2D eigenvalue weighted by Crippen LogP contribution is 1.97. The van der Waals surface area contributed by atoms with Gasteiger partial charge in [0.2, 0.25) is 5.91 Å². The zero-order valence-electron chi connectivity index (χ0n) is 10.8. The van der Waals surface area contributed by atoms with Crippen molar-refractivity contribution in [1.29, 1.82) is 0 Å². The third kappa shape index (κ3) is 6.78. The molecule has 1 amide bonds. The van der Waals surface area contributed by atoms with Crippen molar-refractivity contribution in [3.63, 3.8) is 0 Å². The fourth-order valence-electron chi connectivity index (χ4n) is 1.92. The molecule has 0 saturated carbocycles. The smallest absolute Gasteiger partial charge is 0.234 e. The number of nitrogens with zero attached hydrogens (tertiary/aromatic N) is 1. The summed E-state index contributed by atoms with van der Waals surface area (Å²) in [7, 11) is 0. The number of halogens is 2. The Balaban J connectivity index is 0.00000162. The SMILES string of the molecule is Cl.Cl.O=C(CN1CCNCC1)NCc1ccccc1. The Morgan fingerprint density at radius 2 is 1.79 bits per heavy atom. The number of benzene rings is 1. The van der Waals surface area contributed by atoms with Crippen LogP contribution in [0.15, 0.2) is 30.3 Å². The molecule has 0 aromatic heterocycles. The fourth-order valence-corrected chi connectivity index (χ4v) is 1.92. The molecule has 108 valence electrons. The zero-order valence-corrected chi connectivity index (χ0v) is 12.4. The molecule has 4 nitrogen and oxygen atoms in total. The Morgan fingerprint density at radius 1 is 1.16 bits per heavy atom. The number of hydrogen-bond donors (Lipinski definition) is 2. The average molecular weight is 306 g/mol. The minimum Gasteiger partial charge on any atom is -0.351 e. The van der Waals surface area contributed by atoms with Crippen molar-refractivity contribution in [3.05, 3.63) is 35.9 Å². The summed E-state index contributed by atoms with van der Waals surface area (Å²) < 4.78 is 0. The van der Waals surface area contributed by atoms with E-state index < -0.39 is 0 Å². The van der Waals surface area contributed by atoms with E-state index >= 15 is 0 Å². The van der Waals surface area contributed by atoms with Crippen LogP contribution in [0.25, 0.3) is 0 Å². The number of rotatable bonds is 4. The predicted octanol–water partition coefficient (Wildman–Crippen LogP) is 1.05. The minimum atomic E-state index is 0. The molecule has 2 N–H and O–H groups in total. The van der Waals surface area contributed by atoms with Gasteiger partial charge in [-0.25, -0.2) is 0 Å². The molecule has 1 aromatic carbocycles. The van der Waals surface area contributed by atoms with E-state index in [1.165, 1.54) is 0 Å². The van der Waals surface area contributed by atoms with E-state index in [2.05, 4.69) is 15.5 Å². The van der Waals surface area contributed by atoms with Gasteiger partial charge in [0, 0.05) is 32.7 Å². The molecule has 0 spiro atoms. The van der Waals surface area contributed by atoms with E-state index in [0.717, 1.165) is 31.7 Å². The fraction of sp³-hybridized carbons (Fsp3) is 0.462. The summed E-state index contributed by atoms with van der Waals surface area (Å²) in [5.74, 6) is 0.107. The number of carbonyl (C=O) groups is 1. The van der Waals surface area contributed by atoms with Crippen LogP contribution in [0.2, 0.25) is 0 Å². The normalized spacial score (nSPS) is 14.9. The van der Waals surface area contributed by atoms with Crippen LogP contribution in [0.5, 0.6) is 0 Å². The first-order valence-corrected chi connectivity index (χ1v) is 6.08. The highest BCUT2D eigenvalue weighted by Gasteiger charge is 2.12. The van der Waals surface area contributed by atoms with E-state index in [0.29, 0.717) is 13.1 Å². The molecule has 1 saturated heterocycles. The second kappa shape index (κ2) is 10.0. The van der Waals surface area contributed by atoms with E-state index in [1.807, 2.05) is 30.3 Å². The van der Waals surface area contributed by atoms with Crippen molar-refractivity contribution >= 4 is 30.7 Å². The van der Waals surface area contributed by atoms with E-state index in [-0.39, 0.29) is 30.7 Å². The van der Waals surface area contributed by atoms with Gasteiger partial charge < -0.3 is 10.6 Å². The minimum absolute atomic E-state index is 0. The van der Waals surface area contributed by atoms with Gasteiger partial charge in [0.25, 0.3) is 0 Å². The molecule has 6 heteroatoms. The van der Waals surface area contributed by atoms with E-state index in [4.69, 9.17) is 0 Å². The van der Waals surface area contributed by atoms with Gasteiger partial charge in [-0.1, -0.05) is 30.3 Å². The van der Waals surface area contributed by atoms with Crippen molar-refractivity contribution in [1.82, 2.24) is 15.5 Å². The van der Waals surface area contributed by atoms with Gasteiger partial charge in [-0.2, -0.15) is 0 Å². The molecule has 1 heterocycles.